The van der Waals surface area contributed by atoms with Crippen LogP contribution in [-0.4, -0.2) is 38.9 Å². The topological polar surface area (TPSA) is 64.4 Å². The third kappa shape index (κ3) is 4.09. The molecule has 0 N–H and O–H groups in total. The fourth-order valence-electron chi connectivity index (χ4n) is 3.02. The summed E-state index contributed by atoms with van der Waals surface area (Å²) in [7, 11) is -3.73. The fraction of sp³-hybridized carbons (Fsp3) is 0.278. The highest BCUT2D eigenvalue weighted by atomic mass is 35.5. The monoisotopic (exact) mass is 429 g/mol. The molecule has 0 atom stereocenters. The second-order valence-corrected chi connectivity index (χ2v) is 8.56. The summed E-state index contributed by atoms with van der Waals surface area (Å²) in [4.78, 5) is 1.74. The second-order valence-electron chi connectivity index (χ2n) is 6.19. The molecule has 5 nitrogen and oxygen atoms in total. The molecule has 148 valence electrons. The maximum absolute atomic E-state index is 13.2. The summed E-state index contributed by atoms with van der Waals surface area (Å²) in [6.07, 6.45) is -4.64. The number of alkyl halides is 3. The number of hydrogen-bond donors (Lipinski definition) is 0. The number of piperazine rings is 1. The Kier molecular flexibility index (Phi) is 5.57. The van der Waals surface area contributed by atoms with E-state index in [2.05, 4.69) is 0 Å². The van der Waals surface area contributed by atoms with Crippen molar-refractivity contribution in [3.63, 3.8) is 0 Å². The molecule has 0 amide bonds. The second kappa shape index (κ2) is 7.62. The van der Waals surface area contributed by atoms with E-state index in [4.69, 9.17) is 16.9 Å². The summed E-state index contributed by atoms with van der Waals surface area (Å²) in [6.45, 7) is 0.693. The lowest BCUT2D eigenvalue weighted by Crippen LogP contribution is -2.48. The van der Waals surface area contributed by atoms with Crippen LogP contribution in [0, 0.1) is 11.3 Å². The molecular weight excluding hydrogens is 415 g/mol. The third-order valence-electron chi connectivity index (χ3n) is 4.47. The first-order chi connectivity index (χ1) is 13.1. The van der Waals surface area contributed by atoms with Crippen LogP contribution >= 0.6 is 11.6 Å². The molecule has 1 aliphatic heterocycles. The summed E-state index contributed by atoms with van der Waals surface area (Å²) < 4.78 is 66.2. The first-order valence-corrected chi connectivity index (χ1v) is 10.1. The van der Waals surface area contributed by atoms with Gasteiger partial charge in [-0.2, -0.15) is 22.7 Å². The van der Waals surface area contributed by atoms with Crippen LogP contribution in [0.3, 0.4) is 0 Å². The molecule has 0 bridgehead atoms. The molecule has 2 aromatic rings. The van der Waals surface area contributed by atoms with Gasteiger partial charge in [-0.3, -0.25) is 0 Å². The maximum Gasteiger partial charge on any atom is 0.417 e. The van der Waals surface area contributed by atoms with Gasteiger partial charge in [0.1, 0.15) is 0 Å². The number of hydrogen-bond acceptors (Lipinski definition) is 4. The van der Waals surface area contributed by atoms with Gasteiger partial charge in [-0.25, -0.2) is 8.42 Å². The van der Waals surface area contributed by atoms with Crippen molar-refractivity contribution in [2.75, 3.05) is 31.1 Å². The van der Waals surface area contributed by atoms with Gasteiger partial charge in [-0.05, 0) is 36.4 Å². The van der Waals surface area contributed by atoms with Crippen molar-refractivity contribution in [2.24, 2.45) is 0 Å². The van der Waals surface area contributed by atoms with Gasteiger partial charge in [0.15, 0.2) is 0 Å². The number of halogens is 4. The highest BCUT2D eigenvalue weighted by molar-refractivity contribution is 7.89. The van der Waals surface area contributed by atoms with Crippen molar-refractivity contribution in [1.82, 2.24) is 4.31 Å². The fourth-order valence-corrected chi connectivity index (χ4v) is 4.75. The van der Waals surface area contributed by atoms with Gasteiger partial charge in [0.25, 0.3) is 0 Å². The van der Waals surface area contributed by atoms with E-state index >= 15 is 0 Å². The van der Waals surface area contributed by atoms with Crippen molar-refractivity contribution in [1.29, 1.82) is 5.26 Å². The molecule has 1 fully saturated rings. The number of nitrogens with zero attached hydrogens (tertiary/aromatic N) is 3. The van der Waals surface area contributed by atoms with Gasteiger partial charge >= 0.3 is 6.18 Å². The molecule has 0 unspecified atom stereocenters. The van der Waals surface area contributed by atoms with Crippen LogP contribution in [0.2, 0.25) is 5.02 Å². The van der Waals surface area contributed by atoms with Crippen LogP contribution in [0.5, 0.6) is 0 Å². The minimum atomic E-state index is -4.64. The molecule has 1 aliphatic rings. The first kappa shape index (κ1) is 20.5. The highest BCUT2D eigenvalue weighted by Gasteiger charge is 2.35. The number of rotatable bonds is 3. The Morgan fingerprint density at radius 1 is 1.04 bits per heavy atom. The minimum absolute atomic E-state index is 0.0752. The van der Waals surface area contributed by atoms with Crippen molar-refractivity contribution < 1.29 is 21.6 Å². The quantitative estimate of drug-likeness (QED) is 0.745. The lowest BCUT2D eigenvalue weighted by Gasteiger charge is -2.35. The average molecular weight is 430 g/mol. The predicted molar refractivity (Wildman–Crippen MR) is 98.6 cm³/mol. The molecule has 0 aliphatic carbocycles. The van der Waals surface area contributed by atoms with E-state index < -0.39 is 27.3 Å². The number of anilines is 1. The zero-order chi connectivity index (χ0) is 20.5. The lowest BCUT2D eigenvalue weighted by molar-refractivity contribution is -0.137. The number of benzene rings is 2. The normalized spacial score (nSPS) is 16.0. The Hall–Kier alpha value is -2.28. The molecule has 2 aromatic carbocycles. The molecule has 1 saturated heterocycles. The van der Waals surface area contributed by atoms with Crippen LogP contribution < -0.4 is 4.90 Å². The van der Waals surface area contributed by atoms with E-state index in [0.717, 1.165) is 12.1 Å². The zero-order valence-corrected chi connectivity index (χ0v) is 16.0. The Balaban J connectivity index is 1.78. The van der Waals surface area contributed by atoms with Gasteiger partial charge in [0.2, 0.25) is 10.0 Å². The van der Waals surface area contributed by atoms with Crippen molar-refractivity contribution in [3.8, 4) is 6.07 Å². The van der Waals surface area contributed by atoms with Gasteiger partial charge in [-0.1, -0.05) is 17.7 Å². The van der Waals surface area contributed by atoms with E-state index in [9.17, 15) is 21.6 Å². The molecule has 0 aromatic heterocycles. The average Bonchev–Trinajstić information content (AvgIpc) is 2.67. The van der Waals surface area contributed by atoms with E-state index in [1.807, 2.05) is 0 Å². The van der Waals surface area contributed by atoms with E-state index in [0.29, 0.717) is 10.7 Å². The molecule has 0 saturated carbocycles. The van der Waals surface area contributed by atoms with Crippen molar-refractivity contribution >= 4 is 27.3 Å². The van der Waals surface area contributed by atoms with Gasteiger partial charge in [0, 0.05) is 36.9 Å². The molecular formula is C18H15ClF3N3O2S. The summed E-state index contributed by atoms with van der Waals surface area (Å²) in [6, 6.07) is 11.0. The van der Waals surface area contributed by atoms with Crippen LogP contribution in [0.25, 0.3) is 0 Å². The Labute approximate surface area is 165 Å². The van der Waals surface area contributed by atoms with Gasteiger partial charge in [0.05, 0.1) is 22.1 Å². The Morgan fingerprint density at radius 3 is 2.29 bits per heavy atom. The summed E-state index contributed by atoms with van der Waals surface area (Å²) in [5.74, 6) is 0. The van der Waals surface area contributed by atoms with Gasteiger partial charge in [-0.15, -0.1) is 0 Å². The summed E-state index contributed by atoms with van der Waals surface area (Å²) >= 11 is 5.86. The van der Waals surface area contributed by atoms with E-state index in [1.165, 1.54) is 22.5 Å². The maximum atomic E-state index is 13.2. The molecule has 0 spiro atoms. The van der Waals surface area contributed by atoms with Crippen LogP contribution in [0.1, 0.15) is 11.1 Å². The lowest BCUT2D eigenvalue weighted by atomic mass is 10.1. The summed E-state index contributed by atoms with van der Waals surface area (Å²) in [5.41, 5.74) is -1.15. The largest absolute Gasteiger partial charge is 0.417 e. The highest BCUT2D eigenvalue weighted by Crippen LogP contribution is 2.34. The smallest absolute Gasteiger partial charge is 0.369 e. The Morgan fingerprint density at radius 2 is 1.71 bits per heavy atom. The first-order valence-electron chi connectivity index (χ1n) is 8.25. The predicted octanol–water partition coefficient (Wildman–Crippen LogP) is 3.74. The molecule has 1 heterocycles. The van der Waals surface area contributed by atoms with Crippen molar-refractivity contribution in [2.45, 2.75) is 11.1 Å². The van der Waals surface area contributed by atoms with Crippen LogP contribution in [-0.2, 0) is 16.2 Å². The van der Waals surface area contributed by atoms with Crippen LogP contribution in [0.4, 0.5) is 18.9 Å². The number of nitriles is 1. The van der Waals surface area contributed by atoms with Crippen molar-refractivity contribution in [3.05, 3.63) is 58.6 Å². The SMILES string of the molecule is N#Cc1ccc(N2CCN(S(=O)(=O)c3cccc(Cl)c3)CC2)cc1C(F)(F)F. The van der Waals surface area contributed by atoms with Gasteiger partial charge < -0.3 is 4.90 Å². The molecule has 0 radical (unpaired) electrons. The number of sulfonamides is 1. The minimum Gasteiger partial charge on any atom is -0.369 e. The van der Waals surface area contributed by atoms with E-state index in [1.54, 1.807) is 23.1 Å². The third-order valence-corrected chi connectivity index (χ3v) is 6.60. The standard InChI is InChI=1S/C18H15ClF3N3O2S/c19-14-2-1-3-16(10-14)28(26,27)25-8-6-24(7-9-25)15-5-4-13(12-23)17(11-15)18(20,21)22/h1-5,10-11H,6-9H2. The zero-order valence-electron chi connectivity index (χ0n) is 14.4. The molecule has 10 heteroatoms. The van der Waals surface area contributed by atoms with Crippen LogP contribution in [0.15, 0.2) is 47.4 Å². The molecule has 3 rings (SSSR count). The van der Waals surface area contributed by atoms with E-state index in [-0.39, 0.29) is 31.1 Å². The summed E-state index contributed by atoms with van der Waals surface area (Å²) in [5, 5.41) is 9.19. The Bertz CT molecular complexity index is 1030. The molecule has 28 heavy (non-hydrogen) atoms.